The average Bonchev–Trinajstić information content (AvgIpc) is 2.20. The van der Waals surface area contributed by atoms with Crippen LogP contribution in [0.1, 0.15) is 18.9 Å². The molecule has 1 aromatic carbocycles. The summed E-state index contributed by atoms with van der Waals surface area (Å²) in [4.78, 5) is 11.1. The van der Waals surface area contributed by atoms with Gasteiger partial charge in [-0.25, -0.2) is 4.39 Å². The van der Waals surface area contributed by atoms with Crippen LogP contribution in [0.5, 0.6) is 0 Å². The molecule has 0 spiro atoms. The third-order valence-electron chi connectivity index (χ3n) is 1.88. The van der Waals surface area contributed by atoms with E-state index in [4.69, 9.17) is 5.73 Å². The molecule has 4 heteroatoms. The van der Waals surface area contributed by atoms with Crippen molar-refractivity contribution >= 4 is 11.6 Å². The van der Waals surface area contributed by atoms with E-state index in [-0.39, 0.29) is 18.3 Å². The Kier molecular flexibility index (Phi) is 3.59. The Balaban J connectivity index is 2.90. The highest BCUT2D eigenvalue weighted by Crippen LogP contribution is 2.16. The molecule has 14 heavy (non-hydrogen) atoms. The molecule has 0 fully saturated rings. The van der Waals surface area contributed by atoms with Crippen molar-refractivity contribution in [2.45, 2.75) is 19.9 Å². The van der Waals surface area contributed by atoms with E-state index in [0.717, 1.165) is 0 Å². The molecular weight excluding hydrogens is 183 g/mol. The van der Waals surface area contributed by atoms with Crippen LogP contribution in [0.2, 0.25) is 0 Å². The Bertz CT molecular complexity index is 339. The summed E-state index contributed by atoms with van der Waals surface area (Å²) in [5, 5.41) is 2.65. The normalized spacial score (nSPS) is 9.93. The predicted octanol–water partition coefficient (Wildman–Crippen LogP) is 1.63. The fourth-order valence-electron chi connectivity index (χ4n) is 1.09. The van der Waals surface area contributed by atoms with Gasteiger partial charge in [-0.05, 0) is 23.8 Å². The van der Waals surface area contributed by atoms with E-state index in [1.54, 1.807) is 6.92 Å². The van der Waals surface area contributed by atoms with Gasteiger partial charge in [0.15, 0.2) is 0 Å². The van der Waals surface area contributed by atoms with Crippen LogP contribution in [-0.2, 0) is 11.3 Å². The molecule has 0 aliphatic rings. The number of nitrogens with one attached hydrogen (secondary N) is 1. The lowest BCUT2D eigenvalue weighted by molar-refractivity contribution is -0.115. The van der Waals surface area contributed by atoms with E-state index < -0.39 is 0 Å². The summed E-state index contributed by atoms with van der Waals surface area (Å²) < 4.78 is 12.8. The van der Waals surface area contributed by atoms with Crippen LogP contribution in [0.25, 0.3) is 0 Å². The summed E-state index contributed by atoms with van der Waals surface area (Å²) in [6.45, 7) is 1.96. The maximum Gasteiger partial charge on any atom is 0.224 e. The molecule has 0 unspecified atom stereocenters. The minimum absolute atomic E-state index is 0.105. The second kappa shape index (κ2) is 4.72. The third-order valence-corrected chi connectivity index (χ3v) is 1.88. The highest BCUT2D eigenvalue weighted by atomic mass is 19.1. The topological polar surface area (TPSA) is 55.1 Å². The molecule has 0 radical (unpaired) electrons. The van der Waals surface area contributed by atoms with E-state index >= 15 is 0 Å². The second-order valence-corrected chi connectivity index (χ2v) is 2.91. The smallest absolute Gasteiger partial charge is 0.224 e. The van der Waals surface area contributed by atoms with Crippen LogP contribution < -0.4 is 11.1 Å². The predicted molar refractivity (Wildman–Crippen MR) is 53.2 cm³/mol. The fourth-order valence-corrected chi connectivity index (χ4v) is 1.09. The molecule has 3 N–H and O–H groups in total. The molecule has 0 saturated heterocycles. The molecule has 76 valence electrons. The number of hydrogen-bond donors (Lipinski definition) is 2. The Morgan fingerprint density at radius 3 is 2.86 bits per heavy atom. The molecule has 1 rings (SSSR count). The van der Waals surface area contributed by atoms with Gasteiger partial charge in [0, 0.05) is 18.7 Å². The van der Waals surface area contributed by atoms with Crippen LogP contribution in [0.3, 0.4) is 0 Å². The largest absolute Gasteiger partial charge is 0.326 e. The minimum Gasteiger partial charge on any atom is -0.326 e. The summed E-state index contributed by atoms with van der Waals surface area (Å²) in [5.41, 5.74) is 6.61. The van der Waals surface area contributed by atoms with Gasteiger partial charge in [0.25, 0.3) is 0 Å². The summed E-state index contributed by atoms with van der Waals surface area (Å²) in [7, 11) is 0. The maximum atomic E-state index is 12.8. The zero-order valence-corrected chi connectivity index (χ0v) is 8.01. The number of carbonyl (C=O) groups is 1. The Hall–Kier alpha value is -1.42. The fraction of sp³-hybridized carbons (Fsp3) is 0.300. The van der Waals surface area contributed by atoms with Crippen LogP contribution >= 0.6 is 0 Å². The number of hydrogen-bond acceptors (Lipinski definition) is 2. The number of halogens is 1. The molecule has 0 aliphatic carbocycles. The Morgan fingerprint density at radius 1 is 1.57 bits per heavy atom. The van der Waals surface area contributed by atoms with Gasteiger partial charge in [0.05, 0.1) is 0 Å². The maximum absolute atomic E-state index is 12.8. The van der Waals surface area contributed by atoms with Crippen molar-refractivity contribution < 1.29 is 9.18 Å². The molecule has 1 aromatic rings. The van der Waals surface area contributed by atoms with Gasteiger partial charge in [0.1, 0.15) is 5.82 Å². The van der Waals surface area contributed by atoms with Crippen molar-refractivity contribution in [1.82, 2.24) is 0 Å². The van der Waals surface area contributed by atoms with E-state index in [0.29, 0.717) is 17.7 Å². The number of benzene rings is 1. The van der Waals surface area contributed by atoms with Gasteiger partial charge >= 0.3 is 0 Å². The molecule has 0 aromatic heterocycles. The molecular formula is C10H13FN2O. The van der Waals surface area contributed by atoms with E-state index in [9.17, 15) is 9.18 Å². The first-order valence-corrected chi connectivity index (χ1v) is 4.45. The summed E-state index contributed by atoms with van der Waals surface area (Å²) in [6, 6.07) is 4.14. The first-order chi connectivity index (χ1) is 6.67. The highest BCUT2D eigenvalue weighted by molar-refractivity contribution is 5.91. The lowest BCUT2D eigenvalue weighted by Gasteiger charge is -2.08. The summed E-state index contributed by atoms with van der Waals surface area (Å²) in [6.07, 6.45) is 0.390. The van der Waals surface area contributed by atoms with Gasteiger partial charge < -0.3 is 11.1 Å². The summed E-state index contributed by atoms with van der Waals surface area (Å²) in [5.74, 6) is -0.453. The SMILES string of the molecule is CCC(=O)Nc1ccc(F)cc1CN. The van der Waals surface area contributed by atoms with Gasteiger partial charge in [-0.2, -0.15) is 0 Å². The number of rotatable bonds is 3. The zero-order chi connectivity index (χ0) is 10.6. The number of anilines is 1. The van der Waals surface area contributed by atoms with Gasteiger partial charge in [-0.15, -0.1) is 0 Å². The van der Waals surface area contributed by atoms with Crippen molar-refractivity contribution in [2.24, 2.45) is 5.73 Å². The second-order valence-electron chi connectivity index (χ2n) is 2.91. The highest BCUT2D eigenvalue weighted by Gasteiger charge is 2.05. The Labute approximate surface area is 82.1 Å². The van der Waals surface area contributed by atoms with Gasteiger partial charge in [-0.1, -0.05) is 6.92 Å². The average molecular weight is 196 g/mol. The minimum atomic E-state index is -0.347. The van der Waals surface area contributed by atoms with E-state index in [1.165, 1.54) is 18.2 Å². The van der Waals surface area contributed by atoms with Gasteiger partial charge in [-0.3, -0.25) is 4.79 Å². The molecule has 0 bridgehead atoms. The Morgan fingerprint density at radius 2 is 2.29 bits per heavy atom. The van der Waals surface area contributed by atoms with Crippen molar-refractivity contribution in [2.75, 3.05) is 5.32 Å². The first kappa shape index (κ1) is 10.7. The third kappa shape index (κ3) is 2.53. The molecule has 0 heterocycles. The first-order valence-electron chi connectivity index (χ1n) is 4.45. The lowest BCUT2D eigenvalue weighted by atomic mass is 10.1. The monoisotopic (exact) mass is 196 g/mol. The molecule has 0 aliphatic heterocycles. The van der Waals surface area contributed by atoms with Crippen LogP contribution in [-0.4, -0.2) is 5.91 Å². The van der Waals surface area contributed by atoms with E-state index in [1.807, 2.05) is 0 Å². The molecule has 1 amide bonds. The zero-order valence-electron chi connectivity index (χ0n) is 8.01. The van der Waals surface area contributed by atoms with Crippen LogP contribution in [0, 0.1) is 5.82 Å². The lowest BCUT2D eigenvalue weighted by Crippen LogP contribution is -2.12. The quantitative estimate of drug-likeness (QED) is 0.772. The molecule has 0 atom stereocenters. The van der Waals surface area contributed by atoms with Crippen molar-refractivity contribution in [3.63, 3.8) is 0 Å². The van der Waals surface area contributed by atoms with Crippen molar-refractivity contribution in [3.05, 3.63) is 29.6 Å². The molecule has 0 saturated carbocycles. The number of nitrogens with two attached hydrogens (primary N) is 1. The van der Waals surface area contributed by atoms with E-state index in [2.05, 4.69) is 5.32 Å². The van der Waals surface area contributed by atoms with Crippen LogP contribution in [0.4, 0.5) is 10.1 Å². The number of carbonyl (C=O) groups excluding carboxylic acids is 1. The molecule has 3 nitrogen and oxygen atoms in total. The standard InChI is InChI=1S/C10H13FN2O/c1-2-10(14)13-9-4-3-8(11)5-7(9)6-12/h3-5H,2,6,12H2,1H3,(H,13,14). The van der Waals surface area contributed by atoms with Crippen LogP contribution in [0.15, 0.2) is 18.2 Å². The van der Waals surface area contributed by atoms with Crippen molar-refractivity contribution in [1.29, 1.82) is 0 Å². The summed E-state index contributed by atoms with van der Waals surface area (Å²) >= 11 is 0. The van der Waals surface area contributed by atoms with Gasteiger partial charge in [0.2, 0.25) is 5.91 Å². The number of amides is 1. The van der Waals surface area contributed by atoms with Crippen molar-refractivity contribution in [3.8, 4) is 0 Å².